The molecule has 116 valence electrons. The van der Waals surface area contributed by atoms with Gasteiger partial charge < -0.3 is 9.64 Å². The number of carbonyl (C=O) groups is 1. The highest BCUT2D eigenvalue weighted by Gasteiger charge is 2.36. The summed E-state index contributed by atoms with van der Waals surface area (Å²) in [6.45, 7) is 4.02. The summed E-state index contributed by atoms with van der Waals surface area (Å²) in [6.07, 6.45) is 2.39. The number of amides is 1. The van der Waals surface area contributed by atoms with Crippen molar-refractivity contribution in [1.82, 2.24) is 4.98 Å². The van der Waals surface area contributed by atoms with Gasteiger partial charge in [-0.25, -0.2) is 4.98 Å². The first-order valence-electron chi connectivity index (χ1n) is 7.49. The molecule has 2 aromatic rings. The number of aryl methyl sites for hydroxylation is 1. The standard InChI is InChI=1S/C17H20N2O2S/c1-11-16(22-10-18-11)17(20)19(12(2)13-4-5-13)14-6-8-15(21-3)9-7-14/h6-10,12-13H,4-5H2,1-3H3/t12-/m0/s1. The Labute approximate surface area is 134 Å². The quantitative estimate of drug-likeness (QED) is 0.840. The molecule has 1 aromatic carbocycles. The van der Waals surface area contributed by atoms with Crippen molar-refractivity contribution in [2.75, 3.05) is 12.0 Å². The van der Waals surface area contributed by atoms with E-state index in [1.165, 1.54) is 24.2 Å². The van der Waals surface area contributed by atoms with E-state index >= 15 is 0 Å². The molecule has 0 radical (unpaired) electrons. The zero-order valence-electron chi connectivity index (χ0n) is 13.1. The maximum atomic E-state index is 13.0. The van der Waals surface area contributed by atoms with Crippen LogP contribution in [0.3, 0.4) is 0 Å². The molecule has 5 heteroatoms. The second kappa shape index (κ2) is 6.08. The van der Waals surface area contributed by atoms with E-state index in [9.17, 15) is 4.79 Å². The molecule has 4 nitrogen and oxygen atoms in total. The summed E-state index contributed by atoms with van der Waals surface area (Å²) in [7, 11) is 1.64. The van der Waals surface area contributed by atoms with Crippen LogP contribution in [0.25, 0.3) is 0 Å². The molecule has 0 saturated heterocycles. The number of rotatable bonds is 5. The van der Waals surface area contributed by atoms with Crippen molar-refractivity contribution in [3.05, 3.63) is 40.3 Å². The van der Waals surface area contributed by atoms with Gasteiger partial charge in [-0.05, 0) is 56.9 Å². The van der Waals surface area contributed by atoms with Gasteiger partial charge in [0.05, 0.1) is 18.3 Å². The summed E-state index contributed by atoms with van der Waals surface area (Å²) >= 11 is 1.41. The average molecular weight is 316 g/mol. The monoisotopic (exact) mass is 316 g/mol. The van der Waals surface area contributed by atoms with Crippen LogP contribution in [0.2, 0.25) is 0 Å². The second-order valence-electron chi connectivity index (χ2n) is 5.72. The molecule has 1 atom stereocenters. The number of anilines is 1. The Hall–Kier alpha value is -1.88. The molecule has 0 aliphatic heterocycles. The molecular weight excluding hydrogens is 296 g/mol. The van der Waals surface area contributed by atoms with Crippen molar-refractivity contribution < 1.29 is 9.53 Å². The Morgan fingerprint density at radius 3 is 2.55 bits per heavy atom. The predicted molar refractivity (Wildman–Crippen MR) is 88.8 cm³/mol. The molecule has 1 heterocycles. The molecule has 22 heavy (non-hydrogen) atoms. The van der Waals surface area contributed by atoms with Crippen LogP contribution in [0.5, 0.6) is 5.75 Å². The number of nitrogens with zero attached hydrogens (tertiary/aromatic N) is 2. The van der Waals surface area contributed by atoms with Crippen LogP contribution in [0.15, 0.2) is 29.8 Å². The summed E-state index contributed by atoms with van der Waals surface area (Å²) in [5.41, 5.74) is 3.45. The molecule has 1 saturated carbocycles. The van der Waals surface area contributed by atoms with Crippen molar-refractivity contribution in [2.24, 2.45) is 5.92 Å². The van der Waals surface area contributed by atoms with Gasteiger partial charge in [0.2, 0.25) is 0 Å². The van der Waals surface area contributed by atoms with E-state index in [0.29, 0.717) is 5.92 Å². The Morgan fingerprint density at radius 1 is 1.36 bits per heavy atom. The lowest BCUT2D eigenvalue weighted by Gasteiger charge is -2.29. The van der Waals surface area contributed by atoms with Gasteiger partial charge in [0, 0.05) is 11.7 Å². The number of hydrogen-bond acceptors (Lipinski definition) is 4. The molecule has 0 bridgehead atoms. The third kappa shape index (κ3) is 2.86. The van der Waals surface area contributed by atoms with E-state index in [0.717, 1.165) is 22.0 Å². The lowest BCUT2D eigenvalue weighted by Crippen LogP contribution is -2.40. The van der Waals surface area contributed by atoms with E-state index < -0.39 is 0 Å². The summed E-state index contributed by atoms with van der Waals surface area (Å²) in [4.78, 5) is 19.9. The molecule has 1 fully saturated rings. The summed E-state index contributed by atoms with van der Waals surface area (Å²) in [5.74, 6) is 1.44. The first kappa shape index (κ1) is 15.0. The fourth-order valence-corrected chi connectivity index (χ4v) is 3.42. The minimum Gasteiger partial charge on any atom is -0.497 e. The number of ether oxygens (including phenoxy) is 1. The van der Waals surface area contributed by atoms with Gasteiger partial charge in [0.25, 0.3) is 5.91 Å². The minimum atomic E-state index is 0.0459. The van der Waals surface area contributed by atoms with Gasteiger partial charge >= 0.3 is 0 Å². The molecule has 0 unspecified atom stereocenters. The van der Waals surface area contributed by atoms with Crippen LogP contribution in [0.1, 0.15) is 35.1 Å². The van der Waals surface area contributed by atoms with Crippen molar-refractivity contribution in [2.45, 2.75) is 32.7 Å². The molecule has 0 spiro atoms. The van der Waals surface area contributed by atoms with Gasteiger partial charge in [-0.2, -0.15) is 0 Å². The summed E-state index contributed by atoms with van der Waals surface area (Å²) in [5, 5.41) is 0. The van der Waals surface area contributed by atoms with Crippen LogP contribution < -0.4 is 9.64 Å². The van der Waals surface area contributed by atoms with Gasteiger partial charge in [-0.3, -0.25) is 4.79 Å². The molecular formula is C17H20N2O2S. The van der Waals surface area contributed by atoms with Crippen LogP contribution in [-0.2, 0) is 0 Å². The topological polar surface area (TPSA) is 42.4 Å². The minimum absolute atomic E-state index is 0.0459. The molecule has 0 N–H and O–H groups in total. The van der Waals surface area contributed by atoms with Gasteiger partial charge in [-0.1, -0.05) is 0 Å². The van der Waals surface area contributed by atoms with Crippen molar-refractivity contribution in [3.63, 3.8) is 0 Å². The predicted octanol–water partition coefficient (Wildman–Crippen LogP) is 3.91. The third-order valence-electron chi connectivity index (χ3n) is 4.22. The summed E-state index contributed by atoms with van der Waals surface area (Å²) in [6, 6.07) is 7.89. The number of carbonyl (C=O) groups excluding carboxylic acids is 1. The van der Waals surface area contributed by atoms with Crippen molar-refractivity contribution >= 4 is 22.9 Å². The van der Waals surface area contributed by atoms with E-state index in [1.807, 2.05) is 36.1 Å². The number of thiazole rings is 1. The van der Waals surface area contributed by atoms with Gasteiger partial charge in [0.15, 0.2) is 0 Å². The Bertz CT molecular complexity index is 662. The fourth-order valence-electron chi connectivity index (χ4n) is 2.69. The van der Waals surface area contributed by atoms with E-state index in [2.05, 4.69) is 11.9 Å². The van der Waals surface area contributed by atoms with Gasteiger partial charge in [0.1, 0.15) is 10.6 Å². The first-order valence-corrected chi connectivity index (χ1v) is 8.37. The normalized spacial score (nSPS) is 15.4. The smallest absolute Gasteiger partial charge is 0.270 e. The zero-order chi connectivity index (χ0) is 15.7. The molecule has 3 rings (SSSR count). The first-order chi connectivity index (χ1) is 10.6. The number of benzene rings is 1. The molecule has 1 aliphatic rings. The van der Waals surface area contributed by atoms with Crippen LogP contribution >= 0.6 is 11.3 Å². The number of aromatic nitrogens is 1. The van der Waals surface area contributed by atoms with Crippen molar-refractivity contribution in [1.29, 1.82) is 0 Å². The maximum absolute atomic E-state index is 13.0. The Morgan fingerprint density at radius 2 is 2.05 bits per heavy atom. The average Bonchev–Trinajstić information content (AvgIpc) is 3.30. The highest BCUT2D eigenvalue weighted by atomic mass is 32.1. The Balaban J connectivity index is 1.95. The number of hydrogen-bond donors (Lipinski definition) is 0. The lowest BCUT2D eigenvalue weighted by molar-refractivity contribution is 0.0979. The second-order valence-corrected chi connectivity index (χ2v) is 6.57. The third-order valence-corrected chi connectivity index (χ3v) is 5.14. The Kier molecular flexibility index (Phi) is 4.16. The highest BCUT2D eigenvalue weighted by Crippen LogP contribution is 2.38. The zero-order valence-corrected chi connectivity index (χ0v) is 13.9. The summed E-state index contributed by atoms with van der Waals surface area (Å²) < 4.78 is 5.21. The van der Waals surface area contributed by atoms with Crippen LogP contribution in [0, 0.1) is 12.8 Å². The van der Waals surface area contributed by atoms with Crippen LogP contribution in [-0.4, -0.2) is 24.0 Å². The molecule has 1 aromatic heterocycles. The maximum Gasteiger partial charge on any atom is 0.270 e. The lowest BCUT2D eigenvalue weighted by atomic mass is 10.1. The highest BCUT2D eigenvalue weighted by molar-refractivity contribution is 7.12. The largest absolute Gasteiger partial charge is 0.497 e. The fraction of sp³-hybridized carbons (Fsp3) is 0.412. The van der Waals surface area contributed by atoms with E-state index in [-0.39, 0.29) is 11.9 Å². The van der Waals surface area contributed by atoms with Crippen molar-refractivity contribution in [3.8, 4) is 5.75 Å². The SMILES string of the molecule is COc1ccc(N(C(=O)c2scnc2C)[C@@H](C)C2CC2)cc1. The van der Waals surface area contributed by atoms with Crippen LogP contribution in [0.4, 0.5) is 5.69 Å². The number of methoxy groups -OCH3 is 1. The van der Waals surface area contributed by atoms with E-state index in [1.54, 1.807) is 12.6 Å². The van der Waals surface area contributed by atoms with Gasteiger partial charge in [-0.15, -0.1) is 11.3 Å². The molecule has 1 amide bonds. The van der Waals surface area contributed by atoms with E-state index in [4.69, 9.17) is 4.74 Å². The molecule has 1 aliphatic carbocycles.